The zero-order valence-corrected chi connectivity index (χ0v) is 19.9. The molecule has 184 valence electrons. The molecule has 1 saturated heterocycles. The average Bonchev–Trinajstić information content (AvgIpc) is 2.87. The van der Waals surface area contributed by atoms with Crippen molar-refractivity contribution in [3.8, 4) is 0 Å². The zero-order valence-electron chi connectivity index (χ0n) is 19.9. The Hall–Kier alpha value is -3.25. The Balaban J connectivity index is 1.26. The van der Waals surface area contributed by atoms with Crippen LogP contribution in [0.4, 0.5) is 19.3 Å². The summed E-state index contributed by atoms with van der Waals surface area (Å²) in [6.07, 6.45) is 3.96. The second-order valence-electron chi connectivity index (χ2n) is 9.37. The van der Waals surface area contributed by atoms with Gasteiger partial charge in [-0.2, -0.15) is 0 Å². The van der Waals surface area contributed by atoms with E-state index < -0.39 is 0 Å². The summed E-state index contributed by atoms with van der Waals surface area (Å²) in [4.78, 5) is 14.6. The van der Waals surface area contributed by atoms with Crippen LogP contribution in [0.2, 0.25) is 0 Å². The number of carbonyl (C=O) groups excluding carboxylic acids is 1. The van der Waals surface area contributed by atoms with Crippen molar-refractivity contribution in [3.05, 3.63) is 102 Å². The Morgan fingerprint density at radius 2 is 1.46 bits per heavy atom. The summed E-state index contributed by atoms with van der Waals surface area (Å²) in [6.45, 7) is 3.54. The number of hydrogen-bond donors (Lipinski definition) is 2. The third-order valence-corrected chi connectivity index (χ3v) is 6.77. The Bertz CT molecular complexity index is 1060. The summed E-state index contributed by atoms with van der Waals surface area (Å²) >= 11 is 0. The number of nitrogens with one attached hydrogen (secondary N) is 2. The summed E-state index contributed by atoms with van der Waals surface area (Å²) in [5, 5.41) is 5.60. The molecule has 3 aromatic carbocycles. The predicted octanol–water partition coefficient (Wildman–Crippen LogP) is 5.90. The van der Waals surface area contributed by atoms with Crippen molar-refractivity contribution in [2.24, 2.45) is 11.8 Å². The molecule has 0 saturated carbocycles. The van der Waals surface area contributed by atoms with Gasteiger partial charge in [0.25, 0.3) is 0 Å². The van der Waals surface area contributed by atoms with E-state index in [1.807, 2.05) is 18.2 Å². The number of piperidine rings is 1. The van der Waals surface area contributed by atoms with Crippen LogP contribution in [-0.2, 0) is 12.8 Å². The molecule has 0 aliphatic carbocycles. The fourth-order valence-corrected chi connectivity index (χ4v) is 4.91. The number of halogens is 2. The molecular weight excluding hydrogens is 444 g/mol. The standard InChI is InChI=1S/C29H33F2N3O/c30-26-9-7-23(8-10-26)19-24-15-18-34(21-25(24)20-22-5-2-1-3-6-22)17-4-16-32-29(35)33-28-13-11-27(31)12-14-28/h1-3,5-14,24-25H,4,15-21H2,(H2,32,33,35). The number of likely N-dealkylation sites (tertiary alicyclic amines) is 1. The summed E-state index contributed by atoms with van der Waals surface area (Å²) in [5.74, 6) is 0.551. The highest BCUT2D eigenvalue weighted by Gasteiger charge is 2.29. The molecule has 1 aliphatic heterocycles. The van der Waals surface area contributed by atoms with Crippen LogP contribution in [0, 0.1) is 23.5 Å². The van der Waals surface area contributed by atoms with Gasteiger partial charge in [-0.25, -0.2) is 13.6 Å². The minimum absolute atomic E-state index is 0.190. The monoisotopic (exact) mass is 477 g/mol. The predicted molar refractivity (Wildman–Crippen MR) is 136 cm³/mol. The summed E-state index contributed by atoms with van der Waals surface area (Å²) in [5.41, 5.74) is 3.11. The molecule has 3 aromatic rings. The van der Waals surface area contributed by atoms with E-state index >= 15 is 0 Å². The minimum atomic E-state index is -0.331. The van der Waals surface area contributed by atoms with Crippen LogP contribution in [0.15, 0.2) is 78.9 Å². The van der Waals surface area contributed by atoms with Crippen molar-refractivity contribution >= 4 is 11.7 Å². The molecule has 2 N–H and O–H groups in total. The molecule has 1 heterocycles. The van der Waals surface area contributed by atoms with Gasteiger partial charge in [-0.3, -0.25) is 0 Å². The second-order valence-corrected chi connectivity index (χ2v) is 9.37. The number of hydrogen-bond acceptors (Lipinski definition) is 2. The first-order chi connectivity index (χ1) is 17.0. The Morgan fingerprint density at radius 1 is 0.829 bits per heavy atom. The molecule has 35 heavy (non-hydrogen) atoms. The maximum Gasteiger partial charge on any atom is 0.319 e. The number of anilines is 1. The van der Waals surface area contributed by atoms with Crippen molar-refractivity contribution in [2.45, 2.75) is 25.7 Å². The van der Waals surface area contributed by atoms with E-state index in [2.05, 4.69) is 39.8 Å². The lowest BCUT2D eigenvalue weighted by molar-refractivity contribution is 0.117. The molecule has 0 bridgehead atoms. The van der Waals surface area contributed by atoms with Gasteiger partial charge in [-0.05, 0) is 98.1 Å². The summed E-state index contributed by atoms with van der Waals surface area (Å²) < 4.78 is 26.4. The van der Waals surface area contributed by atoms with Gasteiger partial charge in [0.1, 0.15) is 11.6 Å². The van der Waals surface area contributed by atoms with Crippen LogP contribution in [0.25, 0.3) is 0 Å². The molecule has 0 aromatic heterocycles. The molecular formula is C29H33F2N3O. The molecule has 4 nitrogen and oxygen atoms in total. The summed E-state index contributed by atoms with van der Waals surface area (Å²) in [7, 11) is 0. The molecule has 0 radical (unpaired) electrons. The molecule has 1 aliphatic rings. The largest absolute Gasteiger partial charge is 0.338 e. The Kier molecular flexibility index (Phi) is 8.85. The third kappa shape index (κ3) is 7.89. The van der Waals surface area contributed by atoms with Crippen molar-refractivity contribution in [1.82, 2.24) is 10.2 Å². The normalized spacial score (nSPS) is 18.2. The maximum atomic E-state index is 13.4. The van der Waals surface area contributed by atoms with E-state index in [9.17, 15) is 13.6 Å². The van der Waals surface area contributed by atoms with Gasteiger partial charge in [0.05, 0.1) is 0 Å². The van der Waals surface area contributed by atoms with Crippen molar-refractivity contribution < 1.29 is 13.6 Å². The minimum Gasteiger partial charge on any atom is -0.338 e. The summed E-state index contributed by atoms with van der Waals surface area (Å²) in [6, 6.07) is 23.0. The van der Waals surface area contributed by atoms with Crippen molar-refractivity contribution in [2.75, 3.05) is 31.5 Å². The van der Waals surface area contributed by atoms with Gasteiger partial charge >= 0.3 is 6.03 Å². The Morgan fingerprint density at radius 3 is 2.17 bits per heavy atom. The highest BCUT2D eigenvalue weighted by Crippen LogP contribution is 2.30. The second kappa shape index (κ2) is 12.5. The van der Waals surface area contributed by atoms with E-state index in [1.165, 1.54) is 35.4 Å². The van der Waals surface area contributed by atoms with Crippen LogP contribution >= 0.6 is 0 Å². The van der Waals surface area contributed by atoms with Crippen LogP contribution in [-0.4, -0.2) is 37.1 Å². The number of urea groups is 1. The van der Waals surface area contributed by atoms with E-state index in [0.29, 0.717) is 24.1 Å². The van der Waals surface area contributed by atoms with Crippen molar-refractivity contribution in [1.29, 1.82) is 0 Å². The Labute approximate surface area is 206 Å². The average molecular weight is 478 g/mol. The lowest BCUT2D eigenvalue weighted by atomic mass is 9.78. The molecule has 2 unspecified atom stereocenters. The van der Waals surface area contributed by atoms with Crippen LogP contribution in [0.3, 0.4) is 0 Å². The maximum absolute atomic E-state index is 13.4. The van der Waals surface area contributed by atoms with E-state index in [0.717, 1.165) is 45.3 Å². The molecule has 2 atom stereocenters. The molecule has 1 fully saturated rings. The SMILES string of the molecule is O=C(NCCCN1CCC(Cc2ccc(F)cc2)C(Cc2ccccc2)C1)Nc1ccc(F)cc1. The van der Waals surface area contributed by atoms with Gasteiger partial charge in [-0.15, -0.1) is 0 Å². The topological polar surface area (TPSA) is 44.4 Å². The van der Waals surface area contributed by atoms with Crippen LogP contribution < -0.4 is 10.6 Å². The molecule has 6 heteroatoms. The molecule has 2 amide bonds. The third-order valence-electron chi connectivity index (χ3n) is 6.77. The van der Waals surface area contributed by atoms with Gasteiger partial charge < -0.3 is 15.5 Å². The van der Waals surface area contributed by atoms with E-state index in [-0.39, 0.29) is 17.7 Å². The highest BCUT2D eigenvalue weighted by atomic mass is 19.1. The lowest BCUT2D eigenvalue weighted by Gasteiger charge is -2.39. The number of benzene rings is 3. The van der Waals surface area contributed by atoms with Crippen molar-refractivity contribution in [3.63, 3.8) is 0 Å². The number of carbonyl (C=O) groups is 1. The zero-order chi connectivity index (χ0) is 24.5. The van der Waals surface area contributed by atoms with Crippen LogP contribution in [0.5, 0.6) is 0 Å². The first-order valence-corrected chi connectivity index (χ1v) is 12.4. The fourth-order valence-electron chi connectivity index (χ4n) is 4.91. The highest BCUT2D eigenvalue weighted by molar-refractivity contribution is 5.89. The van der Waals surface area contributed by atoms with Gasteiger partial charge in [-0.1, -0.05) is 42.5 Å². The fraction of sp³-hybridized carbons (Fsp3) is 0.345. The quantitative estimate of drug-likeness (QED) is 0.377. The molecule has 4 rings (SSSR count). The van der Waals surface area contributed by atoms with Crippen LogP contribution in [0.1, 0.15) is 24.0 Å². The first-order valence-electron chi connectivity index (χ1n) is 12.4. The lowest BCUT2D eigenvalue weighted by Crippen LogP contribution is -2.43. The molecule has 0 spiro atoms. The van der Waals surface area contributed by atoms with Gasteiger partial charge in [0.15, 0.2) is 0 Å². The van der Waals surface area contributed by atoms with Gasteiger partial charge in [0.2, 0.25) is 0 Å². The number of amides is 2. The van der Waals surface area contributed by atoms with E-state index in [1.54, 1.807) is 12.1 Å². The first kappa shape index (κ1) is 24.9. The smallest absolute Gasteiger partial charge is 0.319 e. The number of rotatable bonds is 9. The number of nitrogens with zero attached hydrogens (tertiary/aromatic N) is 1. The van der Waals surface area contributed by atoms with E-state index in [4.69, 9.17) is 0 Å². The van der Waals surface area contributed by atoms with Gasteiger partial charge in [0, 0.05) is 18.8 Å².